The number of nitrogens with two attached hydrogens (primary N) is 1. The van der Waals surface area contributed by atoms with Gasteiger partial charge in [-0.2, -0.15) is 0 Å². The molecule has 0 aliphatic rings. The summed E-state index contributed by atoms with van der Waals surface area (Å²) in [4.78, 5) is 15.1. The van der Waals surface area contributed by atoms with Crippen molar-refractivity contribution in [2.24, 2.45) is 5.73 Å². The number of esters is 1. The van der Waals surface area contributed by atoms with Crippen LogP contribution in [0.4, 0.5) is 0 Å². The molecular weight excluding hydrogens is 239 g/mol. The molecule has 0 radical (unpaired) electrons. The number of hydrogen-bond acceptors (Lipinski definition) is 4. The first-order valence-electron chi connectivity index (χ1n) is 3.87. The molecule has 0 saturated carbocycles. The van der Waals surface area contributed by atoms with E-state index in [1.54, 1.807) is 31.5 Å². The standard InChI is InChI=1S/C9H12N2O2.2ClH/c1-9(10,8(12)13-2)7-4-3-5-11-6-7;;/h3-6H,10H2,1-2H3;2*1H. The van der Waals surface area contributed by atoms with Gasteiger partial charge in [0.15, 0.2) is 0 Å². The molecule has 1 rings (SSSR count). The van der Waals surface area contributed by atoms with E-state index in [-0.39, 0.29) is 24.8 Å². The number of ether oxygens (including phenoxy) is 1. The molecule has 0 aliphatic carbocycles. The van der Waals surface area contributed by atoms with Crippen molar-refractivity contribution in [1.29, 1.82) is 0 Å². The van der Waals surface area contributed by atoms with Crippen molar-refractivity contribution in [2.75, 3.05) is 7.11 Å². The number of carbonyl (C=O) groups excluding carboxylic acids is 1. The van der Waals surface area contributed by atoms with E-state index in [9.17, 15) is 4.79 Å². The number of aromatic nitrogens is 1. The number of hydrogen-bond donors (Lipinski definition) is 1. The number of pyridine rings is 1. The predicted octanol–water partition coefficient (Wildman–Crippen LogP) is 1.27. The van der Waals surface area contributed by atoms with Crippen molar-refractivity contribution < 1.29 is 9.53 Å². The molecule has 1 aromatic heterocycles. The van der Waals surface area contributed by atoms with Gasteiger partial charge in [0.25, 0.3) is 0 Å². The number of nitrogens with zero attached hydrogens (tertiary/aromatic N) is 1. The van der Waals surface area contributed by atoms with E-state index in [1.165, 1.54) is 7.11 Å². The summed E-state index contributed by atoms with van der Waals surface area (Å²) >= 11 is 0. The molecule has 2 N–H and O–H groups in total. The zero-order chi connectivity index (χ0) is 9.90. The van der Waals surface area contributed by atoms with Crippen LogP contribution in [0.25, 0.3) is 0 Å². The fourth-order valence-electron chi connectivity index (χ4n) is 1.000. The van der Waals surface area contributed by atoms with E-state index in [0.717, 1.165) is 0 Å². The monoisotopic (exact) mass is 252 g/mol. The molecule has 1 aromatic rings. The van der Waals surface area contributed by atoms with Gasteiger partial charge < -0.3 is 10.5 Å². The fraction of sp³-hybridized carbons (Fsp3) is 0.333. The third-order valence-corrected chi connectivity index (χ3v) is 1.87. The van der Waals surface area contributed by atoms with Crippen LogP contribution in [0.2, 0.25) is 0 Å². The molecule has 0 aromatic carbocycles. The first kappa shape index (κ1) is 16.6. The fourth-order valence-corrected chi connectivity index (χ4v) is 1.000. The van der Waals surface area contributed by atoms with Crippen LogP contribution in [-0.4, -0.2) is 18.1 Å². The molecule has 1 heterocycles. The van der Waals surface area contributed by atoms with Crippen LogP contribution in [0.1, 0.15) is 12.5 Å². The summed E-state index contributed by atoms with van der Waals surface area (Å²) < 4.78 is 4.58. The Bertz CT molecular complexity index is 304. The summed E-state index contributed by atoms with van der Waals surface area (Å²) in [6, 6.07) is 3.47. The molecule has 0 fully saturated rings. The molecule has 6 heteroatoms. The van der Waals surface area contributed by atoms with Crippen molar-refractivity contribution in [3.63, 3.8) is 0 Å². The van der Waals surface area contributed by atoms with Gasteiger partial charge in [-0.15, -0.1) is 24.8 Å². The zero-order valence-electron chi connectivity index (χ0n) is 8.47. The molecule has 4 nitrogen and oxygen atoms in total. The average molecular weight is 253 g/mol. The van der Waals surface area contributed by atoms with Crippen LogP contribution in [-0.2, 0) is 15.1 Å². The van der Waals surface area contributed by atoms with E-state index in [4.69, 9.17) is 5.73 Å². The van der Waals surface area contributed by atoms with E-state index >= 15 is 0 Å². The summed E-state index contributed by atoms with van der Waals surface area (Å²) in [6.45, 7) is 1.59. The predicted molar refractivity (Wildman–Crippen MR) is 62.3 cm³/mol. The number of rotatable bonds is 2. The van der Waals surface area contributed by atoms with E-state index < -0.39 is 11.5 Å². The quantitative estimate of drug-likeness (QED) is 0.806. The highest BCUT2D eigenvalue weighted by atomic mass is 35.5. The van der Waals surface area contributed by atoms with Gasteiger partial charge >= 0.3 is 5.97 Å². The molecular formula is C9H14Cl2N2O2. The smallest absolute Gasteiger partial charge is 0.330 e. The largest absolute Gasteiger partial charge is 0.467 e. The summed E-state index contributed by atoms with van der Waals surface area (Å²) in [5.74, 6) is -0.472. The first-order chi connectivity index (χ1) is 6.09. The van der Waals surface area contributed by atoms with Crippen LogP contribution in [0.3, 0.4) is 0 Å². The molecule has 0 saturated heterocycles. The highest BCUT2D eigenvalue weighted by Gasteiger charge is 2.31. The lowest BCUT2D eigenvalue weighted by atomic mass is 9.95. The Morgan fingerprint density at radius 3 is 2.53 bits per heavy atom. The summed E-state index contributed by atoms with van der Waals surface area (Å²) in [5.41, 5.74) is 5.30. The van der Waals surface area contributed by atoms with Crippen LogP contribution in [0.5, 0.6) is 0 Å². The first-order valence-corrected chi connectivity index (χ1v) is 3.87. The summed E-state index contributed by atoms with van der Waals surface area (Å²) in [5, 5.41) is 0. The molecule has 1 atom stereocenters. The molecule has 86 valence electrons. The van der Waals surface area contributed by atoms with Gasteiger partial charge in [-0.05, 0) is 13.0 Å². The minimum Gasteiger partial charge on any atom is -0.467 e. The maximum Gasteiger partial charge on any atom is 0.330 e. The highest BCUT2D eigenvalue weighted by molar-refractivity contribution is 5.85. The highest BCUT2D eigenvalue weighted by Crippen LogP contribution is 2.17. The third kappa shape index (κ3) is 3.66. The number of carbonyl (C=O) groups is 1. The average Bonchev–Trinajstić information content (AvgIpc) is 2.18. The van der Waals surface area contributed by atoms with Gasteiger partial charge in [0.1, 0.15) is 5.54 Å². The Kier molecular flexibility index (Phi) is 7.31. The van der Waals surface area contributed by atoms with Gasteiger partial charge in [0.2, 0.25) is 0 Å². The minimum absolute atomic E-state index is 0. The molecule has 15 heavy (non-hydrogen) atoms. The normalized spacial score (nSPS) is 12.7. The number of halogens is 2. The van der Waals surface area contributed by atoms with Crippen molar-refractivity contribution >= 4 is 30.8 Å². The van der Waals surface area contributed by atoms with Gasteiger partial charge in [-0.25, -0.2) is 4.79 Å². The summed E-state index contributed by atoms with van der Waals surface area (Å²) in [6.07, 6.45) is 3.17. The Labute approximate surface area is 101 Å². The minimum atomic E-state index is -1.12. The molecule has 1 unspecified atom stereocenters. The Morgan fingerprint density at radius 2 is 2.13 bits per heavy atom. The van der Waals surface area contributed by atoms with Gasteiger partial charge in [-0.3, -0.25) is 4.98 Å². The molecule has 0 bridgehead atoms. The lowest BCUT2D eigenvalue weighted by molar-refractivity contribution is -0.146. The van der Waals surface area contributed by atoms with Gasteiger partial charge in [0.05, 0.1) is 7.11 Å². The second-order valence-corrected chi connectivity index (χ2v) is 2.94. The molecule has 0 amide bonds. The van der Waals surface area contributed by atoms with Crippen molar-refractivity contribution in [2.45, 2.75) is 12.5 Å². The topological polar surface area (TPSA) is 65.2 Å². The van der Waals surface area contributed by atoms with Gasteiger partial charge in [-0.1, -0.05) is 6.07 Å². The van der Waals surface area contributed by atoms with Crippen molar-refractivity contribution in [3.8, 4) is 0 Å². The van der Waals surface area contributed by atoms with Crippen LogP contribution < -0.4 is 5.73 Å². The lowest BCUT2D eigenvalue weighted by Gasteiger charge is -2.20. The van der Waals surface area contributed by atoms with E-state index in [0.29, 0.717) is 5.56 Å². The Morgan fingerprint density at radius 1 is 1.53 bits per heavy atom. The van der Waals surface area contributed by atoms with E-state index in [1.807, 2.05) is 0 Å². The zero-order valence-corrected chi connectivity index (χ0v) is 10.1. The third-order valence-electron chi connectivity index (χ3n) is 1.87. The summed E-state index contributed by atoms with van der Waals surface area (Å²) in [7, 11) is 1.31. The lowest BCUT2D eigenvalue weighted by Crippen LogP contribution is -2.42. The van der Waals surface area contributed by atoms with Gasteiger partial charge in [0, 0.05) is 18.0 Å². The Hall–Kier alpha value is -0.840. The Balaban J connectivity index is 0. The van der Waals surface area contributed by atoms with Crippen LogP contribution in [0.15, 0.2) is 24.5 Å². The SMILES string of the molecule is COC(=O)C(C)(N)c1cccnc1.Cl.Cl. The molecule has 0 spiro atoms. The maximum absolute atomic E-state index is 11.3. The molecule has 0 aliphatic heterocycles. The number of methoxy groups -OCH3 is 1. The van der Waals surface area contributed by atoms with Crippen molar-refractivity contribution in [3.05, 3.63) is 30.1 Å². The second-order valence-electron chi connectivity index (χ2n) is 2.94. The van der Waals surface area contributed by atoms with E-state index in [2.05, 4.69) is 9.72 Å². The van der Waals surface area contributed by atoms with Crippen molar-refractivity contribution in [1.82, 2.24) is 4.98 Å². The second kappa shape index (κ2) is 6.61. The van der Waals surface area contributed by atoms with Crippen LogP contribution >= 0.6 is 24.8 Å². The van der Waals surface area contributed by atoms with Crippen LogP contribution in [0, 0.1) is 0 Å². The maximum atomic E-state index is 11.3.